The summed E-state index contributed by atoms with van der Waals surface area (Å²) in [7, 11) is 0. The van der Waals surface area contributed by atoms with Gasteiger partial charge in [0.25, 0.3) is 0 Å². The molecular formula is C35H39N3O4. The van der Waals surface area contributed by atoms with E-state index in [4.69, 9.17) is 9.47 Å². The van der Waals surface area contributed by atoms with E-state index in [2.05, 4.69) is 64.1 Å². The quantitative estimate of drug-likeness (QED) is 0.192. The van der Waals surface area contributed by atoms with Gasteiger partial charge in [-0.05, 0) is 41.3 Å². The normalized spacial score (nSPS) is 18.5. The fourth-order valence-electron chi connectivity index (χ4n) is 5.29. The van der Waals surface area contributed by atoms with Crippen LogP contribution in [0, 0.1) is 0 Å². The molecule has 218 valence electrons. The molecule has 1 aliphatic heterocycles. The summed E-state index contributed by atoms with van der Waals surface area (Å²) in [5, 5.41) is 15.2. The molecule has 0 bridgehead atoms. The molecule has 1 saturated heterocycles. The minimum atomic E-state index is -0.613. The first-order valence-electron chi connectivity index (χ1n) is 14.5. The zero-order chi connectivity index (χ0) is 29.1. The highest BCUT2D eigenvalue weighted by molar-refractivity contribution is 5.89. The Bertz CT molecular complexity index is 1360. The van der Waals surface area contributed by atoms with Crippen molar-refractivity contribution < 1.29 is 19.4 Å². The monoisotopic (exact) mass is 565 g/mol. The predicted molar refractivity (Wildman–Crippen MR) is 165 cm³/mol. The number of nitrogens with one attached hydrogen (secondary N) is 2. The summed E-state index contributed by atoms with van der Waals surface area (Å²) in [6.07, 6.45) is -0.237. The van der Waals surface area contributed by atoms with Gasteiger partial charge in [0.1, 0.15) is 0 Å². The topological polar surface area (TPSA) is 83.1 Å². The number of carbonyl (C=O) groups excluding carboxylic acids is 1. The van der Waals surface area contributed by atoms with Gasteiger partial charge < -0.3 is 25.2 Å². The molecule has 7 heteroatoms. The number of amides is 2. The first-order valence-corrected chi connectivity index (χ1v) is 14.5. The number of nitrogens with zero attached hydrogens (tertiary/aromatic N) is 1. The molecule has 1 heterocycles. The molecule has 3 atom stereocenters. The molecule has 0 radical (unpaired) electrons. The summed E-state index contributed by atoms with van der Waals surface area (Å²) in [5.41, 5.74) is 5.91. The van der Waals surface area contributed by atoms with Gasteiger partial charge in [-0.1, -0.05) is 97.1 Å². The maximum absolute atomic E-state index is 12.2. The average Bonchev–Trinajstić information content (AvgIpc) is 3.02. The summed E-state index contributed by atoms with van der Waals surface area (Å²) >= 11 is 0. The van der Waals surface area contributed by atoms with Crippen molar-refractivity contribution in [2.45, 2.75) is 51.5 Å². The molecule has 4 aromatic carbocycles. The van der Waals surface area contributed by atoms with Crippen molar-refractivity contribution in [3.63, 3.8) is 0 Å². The Hall–Kier alpha value is -4.01. The third-order valence-corrected chi connectivity index (χ3v) is 7.33. The lowest BCUT2D eigenvalue weighted by atomic mass is 9.99. The fourth-order valence-corrected chi connectivity index (χ4v) is 5.29. The number of rotatable bonds is 11. The van der Waals surface area contributed by atoms with Gasteiger partial charge in [0.05, 0.1) is 18.8 Å². The lowest BCUT2D eigenvalue weighted by molar-refractivity contribution is -0.253. The standard InChI is InChI=1S/C35H39N3O4/c1-2-36-35(40)37-31-15-9-14-30(20-31)34-41-32(21-33(42-34)29-18-16-28(25-39)17-19-29)24-38(22-26-10-5-3-6-11-26)23-27-12-7-4-8-13-27/h3-20,32-34,39H,2,21-25H2,1H3,(H2,36,37,40)/t32-,33+,34+/m1/s1. The lowest BCUT2D eigenvalue weighted by Gasteiger charge is -2.38. The SMILES string of the molecule is CCNC(=O)Nc1cccc([C@H]2O[C@@H](CN(Cc3ccccc3)Cc3ccccc3)C[C@@H](c3ccc(CO)cc3)O2)c1. The van der Waals surface area contributed by atoms with Crippen LogP contribution in [0.1, 0.15) is 53.6 Å². The molecule has 42 heavy (non-hydrogen) atoms. The van der Waals surface area contributed by atoms with Crippen LogP contribution in [0.25, 0.3) is 0 Å². The fraction of sp³-hybridized carbons (Fsp3) is 0.286. The molecule has 0 aliphatic carbocycles. The average molecular weight is 566 g/mol. The highest BCUT2D eigenvalue weighted by Gasteiger charge is 2.33. The van der Waals surface area contributed by atoms with Crippen molar-refractivity contribution in [3.8, 4) is 0 Å². The Morgan fingerprint density at radius 2 is 1.48 bits per heavy atom. The van der Waals surface area contributed by atoms with E-state index < -0.39 is 6.29 Å². The van der Waals surface area contributed by atoms with E-state index in [0.29, 0.717) is 25.2 Å². The molecule has 7 nitrogen and oxygen atoms in total. The molecule has 1 fully saturated rings. The lowest BCUT2D eigenvalue weighted by Crippen LogP contribution is -2.39. The third kappa shape index (κ3) is 8.27. The number of anilines is 1. The van der Waals surface area contributed by atoms with Gasteiger partial charge in [0, 0.05) is 43.9 Å². The number of carbonyl (C=O) groups is 1. The first kappa shape index (κ1) is 29.5. The molecule has 0 unspecified atom stereocenters. The highest BCUT2D eigenvalue weighted by atomic mass is 16.7. The zero-order valence-electron chi connectivity index (χ0n) is 24.0. The minimum absolute atomic E-state index is 0.000498. The van der Waals surface area contributed by atoms with Crippen LogP contribution < -0.4 is 10.6 Å². The number of hydrogen-bond acceptors (Lipinski definition) is 5. The smallest absolute Gasteiger partial charge is 0.319 e. The second-order valence-electron chi connectivity index (χ2n) is 10.6. The summed E-state index contributed by atoms with van der Waals surface area (Å²) in [6, 6.07) is 36.3. The molecule has 0 saturated carbocycles. The number of ether oxygens (including phenoxy) is 2. The van der Waals surface area contributed by atoms with Gasteiger partial charge in [0.15, 0.2) is 6.29 Å². The Morgan fingerprint density at radius 1 is 0.810 bits per heavy atom. The number of benzene rings is 4. The second-order valence-corrected chi connectivity index (χ2v) is 10.6. The van der Waals surface area contributed by atoms with E-state index >= 15 is 0 Å². The molecular weight excluding hydrogens is 526 g/mol. The van der Waals surface area contributed by atoms with E-state index in [1.165, 1.54) is 11.1 Å². The molecule has 1 aliphatic rings. The molecule has 0 spiro atoms. The maximum Gasteiger partial charge on any atom is 0.319 e. The van der Waals surface area contributed by atoms with Gasteiger partial charge in [-0.25, -0.2) is 4.79 Å². The second kappa shape index (κ2) is 14.8. The van der Waals surface area contributed by atoms with E-state index in [0.717, 1.165) is 29.8 Å². The molecule has 5 rings (SSSR count). The van der Waals surface area contributed by atoms with Gasteiger partial charge in [-0.15, -0.1) is 0 Å². The molecule has 2 amide bonds. The first-order chi connectivity index (χ1) is 20.6. The van der Waals surface area contributed by atoms with Gasteiger partial charge in [0.2, 0.25) is 0 Å². The van der Waals surface area contributed by atoms with Crippen molar-refractivity contribution in [1.29, 1.82) is 0 Å². The van der Waals surface area contributed by atoms with E-state index in [-0.39, 0.29) is 24.8 Å². The Balaban J connectivity index is 1.40. The molecule has 3 N–H and O–H groups in total. The third-order valence-electron chi connectivity index (χ3n) is 7.33. The van der Waals surface area contributed by atoms with Crippen molar-refractivity contribution in [2.24, 2.45) is 0 Å². The van der Waals surface area contributed by atoms with Crippen LogP contribution in [0.5, 0.6) is 0 Å². The van der Waals surface area contributed by atoms with Crippen molar-refractivity contribution in [1.82, 2.24) is 10.2 Å². The number of aliphatic hydroxyl groups is 1. The summed E-state index contributed by atoms with van der Waals surface area (Å²) < 4.78 is 13.2. The van der Waals surface area contributed by atoms with Crippen LogP contribution in [-0.4, -0.2) is 35.2 Å². The van der Waals surface area contributed by atoms with E-state index in [9.17, 15) is 9.90 Å². The van der Waals surface area contributed by atoms with Crippen LogP contribution in [0.3, 0.4) is 0 Å². The van der Waals surface area contributed by atoms with Crippen molar-refractivity contribution in [2.75, 3.05) is 18.4 Å². The summed E-state index contributed by atoms with van der Waals surface area (Å²) in [4.78, 5) is 14.6. The van der Waals surface area contributed by atoms with Gasteiger partial charge in [-0.3, -0.25) is 4.90 Å². The van der Waals surface area contributed by atoms with E-state index in [1.54, 1.807) is 0 Å². The van der Waals surface area contributed by atoms with Crippen LogP contribution in [0.15, 0.2) is 109 Å². The van der Waals surface area contributed by atoms with Gasteiger partial charge >= 0.3 is 6.03 Å². The highest BCUT2D eigenvalue weighted by Crippen LogP contribution is 2.39. The maximum atomic E-state index is 12.2. The summed E-state index contributed by atoms with van der Waals surface area (Å²) in [5.74, 6) is 0. The number of hydrogen-bond donors (Lipinski definition) is 3. The minimum Gasteiger partial charge on any atom is -0.392 e. The van der Waals surface area contributed by atoms with Crippen LogP contribution in [-0.2, 0) is 29.2 Å². The number of urea groups is 1. The number of aliphatic hydroxyl groups excluding tert-OH is 1. The van der Waals surface area contributed by atoms with Crippen LogP contribution in [0.2, 0.25) is 0 Å². The van der Waals surface area contributed by atoms with E-state index in [1.807, 2.05) is 67.6 Å². The Kier molecular flexibility index (Phi) is 10.4. The Morgan fingerprint density at radius 3 is 2.10 bits per heavy atom. The Labute approximate surface area is 248 Å². The molecule has 0 aromatic heterocycles. The molecule has 4 aromatic rings. The van der Waals surface area contributed by atoms with Gasteiger partial charge in [-0.2, -0.15) is 0 Å². The van der Waals surface area contributed by atoms with Crippen LogP contribution in [0.4, 0.5) is 10.5 Å². The summed E-state index contributed by atoms with van der Waals surface area (Å²) in [6.45, 7) is 4.73. The van der Waals surface area contributed by atoms with Crippen molar-refractivity contribution >= 4 is 11.7 Å². The van der Waals surface area contributed by atoms with Crippen molar-refractivity contribution in [3.05, 3.63) is 137 Å². The van der Waals surface area contributed by atoms with Crippen LogP contribution >= 0.6 is 0 Å². The zero-order valence-corrected chi connectivity index (χ0v) is 24.0. The largest absolute Gasteiger partial charge is 0.392 e. The predicted octanol–water partition coefficient (Wildman–Crippen LogP) is 6.57.